The zero-order valence-electron chi connectivity index (χ0n) is 33.7. The van der Waals surface area contributed by atoms with Crippen LogP contribution in [-0.4, -0.2) is 8.97 Å². The smallest absolute Gasteiger partial charge is 0.0995 e. The zero-order chi connectivity index (χ0) is 39.1. The fourth-order valence-corrected chi connectivity index (χ4v) is 15.7. The number of aromatic nitrogens is 2. The van der Waals surface area contributed by atoms with Gasteiger partial charge in [-0.15, -0.1) is 0 Å². The summed E-state index contributed by atoms with van der Waals surface area (Å²) < 4.78 is 4.99. The normalized spacial score (nSPS) is 27.3. The molecule has 0 N–H and O–H groups in total. The van der Waals surface area contributed by atoms with Gasteiger partial charge in [-0.25, -0.2) is 0 Å². The molecule has 0 aliphatic heterocycles. The molecule has 9 aromatic rings. The maximum absolute atomic E-state index is 11.0. The molecule has 0 spiro atoms. The first kappa shape index (κ1) is 32.7. The van der Waals surface area contributed by atoms with Crippen LogP contribution in [0.1, 0.15) is 121 Å². The van der Waals surface area contributed by atoms with Crippen LogP contribution in [0.3, 0.4) is 0 Å². The summed E-state index contributed by atoms with van der Waals surface area (Å²) in [4.78, 5) is 0. The minimum Gasteiger partial charge on any atom is -0.309 e. The summed E-state index contributed by atoms with van der Waals surface area (Å²) >= 11 is 0. The van der Waals surface area contributed by atoms with E-state index in [1.54, 1.807) is 0 Å². The Morgan fingerprint density at radius 1 is 0.417 bits per heavy atom. The first-order valence-electron chi connectivity index (χ1n) is 22.9. The number of fused-ring (bicyclic) bond motifs is 9. The van der Waals surface area contributed by atoms with Crippen molar-refractivity contribution in [1.82, 2.24) is 8.97 Å². The lowest BCUT2D eigenvalue weighted by Crippen LogP contribution is -2.25. The third kappa shape index (κ3) is 4.06. The Hall–Kier alpha value is -6.10. The van der Waals surface area contributed by atoms with E-state index in [-0.39, 0.29) is 0 Å². The highest BCUT2D eigenvalue weighted by Crippen LogP contribution is 2.62. The van der Waals surface area contributed by atoms with Crippen molar-refractivity contribution in [2.24, 2.45) is 23.7 Å². The molecule has 4 nitrogen and oxygen atoms in total. The van der Waals surface area contributed by atoms with Crippen molar-refractivity contribution in [3.8, 4) is 29.0 Å². The van der Waals surface area contributed by atoms with Crippen LogP contribution >= 0.6 is 0 Å². The van der Waals surface area contributed by atoms with Crippen LogP contribution < -0.4 is 0 Å². The fourth-order valence-electron chi connectivity index (χ4n) is 15.7. The number of rotatable bonds is 2. The molecular weight excluding hydrogens is 729 g/mol. The highest BCUT2D eigenvalue weighted by atomic mass is 15.0. The maximum Gasteiger partial charge on any atom is 0.0995 e. The number of nitrogens with zero attached hydrogens (tertiary/aromatic N) is 4. The van der Waals surface area contributed by atoms with Gasteiger partial charge in [0.25, 0.3) is 0 Å². The molecule has 3 heterocycles. The fraction of sp³-hybridized carbons (Fsp3) is 0.321. The Kier molecular flexibility index (Phi) is 6.20. The molecule has 4 atom stereocenters. The summed E-state index contributed by atoms with van der Waals surface area (Å²) in [7, 11) is 0. The number of hydrogen-bond acceptors (Lipinski definition) is 2. The second-order valence-corrected chi connectivity index (χ2v) is 20.3. The maximum atomic E-state index is 11.0. The van der Waals surface area contributed by atoms with Gasteiger partial charge in [-0.2, -0.15) is 10.5 Å². The second kappa shape index (κ2) is 11.4. The number of hydrogen-bond donors (Lipinski definition) is 0. The third-order valence-electron chi connectivity index (χ3n) is 17.3. The Bertz CT molecular complexity index is 3300. The highest BCUT2D eigenvalue weighted by molar-refractivity contribution is 6.26. The molecule has 0 radical (unpaired) electrons. The quantitative estimate of drug-likeness (QED) is 0.176. The first-order valence-corrected chi connectivity index (χ1v) is 22.9. The van der Waals surface area contributed by atoms with Crippen molar-refractivity contribution in [1.29, 1.82) is 10.5 Å². The van der Waals surface area contributed by atoms with Crippen LogP contribution in [0.15, 0.2) is 97.1 Å². The van der Waals surface area contributed by atoms with Gasteiger partial charge in [0.1, 0.15) is 0 Å². The molecule has 4 fully saturated rings. The molecule has 4 saturated carbocycles. The van der Waals surface area contributed by atoms with Gasteiger partial charge >= 0.3 is 0 Å². The van der Waals surface area contributed by atoms with Crippen LogP contribution in [0.5, 0.6) is 0 Å². The molecule has 3 aromatic heterocycles. The van der Waals surface area contributed by atoms with Gasteiger partial charge in [0.15, 0.2) is 0 Å². The van der Waals surface area contributed by atoms with E-state index in [1.165, 1.54) is 163 Å². The van der Waals surface area contributed by atoms with Gasteiger partial charge in [0, 0.05) is 38.0 Å². The molecule has 4 unspecified atom stereocenters. The Balaban J connectivity index is 1.10. The zero-order valence-corrected chi connectivity index (χ0v) is 33.7. The molecule has 4 heteroatoms. The van der Waals surface area contributed by atoms with E-state index in [2.05, 4.69) is 118 Å². The van der Waals surface area contributed by atoms with Crippen LogP contribution in [0.2, 0.25) is 0 Å². The number of benzene rings is 6. The van der Waals surface area contributed by atoms with Gasteiger partial charge in [-0.05, 0) is 193 Å². The monoisotopic (exact) mass is 772 g/mol. The summed E-state index contributed by atoms with van der Waals surface area (Å²) in [6.07, 6.45) is 12.6. The average Bonchev–Trinajstić information content (AvgIpc) is 3.80. The van der Waals surface area contributed by atoms with E-state index in [0.717, 1.165) is 34.8 Å². The molecule has 8 bridgehead atoms. The van der Waals surface area contributed by atoms with E-state index in [9.17, 15) is 10.5 Å². The number of para-hydroxylation sites is 2. The molecule has 6 aromatic carbocycles. The van der Waals surface area contributed by atoms with Crippen molar-refractivity contribution in [3.63, 3.8) is 0 Å². The van der Waals surface area contributed by atoms with E-state index in [4.69, 9.17) is 0 Å². The molecule has 17 rings (SSSR count). The van der Waals surface area contributed by atoms with Gasteiger partial charge in [0.2, 0.25) is 0 Å². The van der Waals surface area contributed by atoms with Gasteiger partial charge < -0.3 is 8.97 Å². The lowest BCUT2D eigenvalue weighted by atomic mass is 9.67. The Labute approximate surface area is 349 Å². The largest absolute Gasteiger partial charge is 0.309 e. The summed E-state index contributed by atoms with van der Waals surface area (Å²) in [5, 5.41) is 30.0. The standard InChI is InChI=1S/C56H44N4/c57-27-39-25-48-54(52-37-18-29-12-30(19-37)15-35(14-29)50(39)52)44-22-34(33-10-11-43-42-8-4-5-9-46(42)59(47(43)24-33)41-6-2-1-3-7-41)23-45-55-49(60(48)56(44)45)26-40(28-58)51-36-16-31-13-32(17-36)21-38(20-31)53(51)55/h1-11,22-26,29-32,35-38H,12-21H2. The second-order valence-electron chi connectivity index (χ2n) is 20.3. The minimum atomic E-state index is 0.473. The van der Waals surface area contributed by atoms with Crippen molar-refractivity contribution in [2.75, 3.05) is 0 Å². The third-order valence-corrected chi connectivity index (χ3v) is 17.3. The van der Waals surface area contributed by atoms with E-state index in [1.807, 2.05) is 0 Å². The van der Waals surface area contributed by atoms with Crippen LogP contribution in [0.25, 0.3) is 76.7 Å². The Morgan fingerprint density at radius 3 is 1.47 bits per heavy atom. The topological polar surface area (TPSA) is 56.9 Å². The minimum absolute atomic E-state index is 0.473. The van der Waals surface area contributed by atoms with E-state index in [0.29, 0.717) is 23.7 Å². The SMILES string of the molecule is N#Cc1cc2c(c3c1C1CC4CC(C1)CC3C4)c1cc(-c3ccc4c5ccccc5n(-c5ccccc5)c4c3)cc3c4c5c(c(C#N)cc4n2c13)C1CC2CC(C1)CC5C2. The predicted octanol–water partition coefficient (Wildman–Crippen LogP) is 14.1. The average molecular weight is 773 g/mol. The molecular formula is C56H44N4. The van der Waals surface area contributed by atoms with Gasteiger partial charge in [-0.3, -0.25) is 0 Å². The summed E-state index contributed by atoms with van der Waals surface area (Å²) in [5.41, 5.74) is 17.3. The van der Waals surface area contributed by atoms with E-state index < -0.39 is 0 Å². The summed E-state index contributed by atoms with van der Waals surface area (Å²) in [6.45, 7) is 0. The van der Waals surface area contributed by atoms with Crippen molar-refractivity contribution < 1.29 is 0 Å². The highest BCUT2D eigenvalue weighted by Gasteiger charge is 2.46. The van der Waals surface area contributed by atoms with Crippen LogP contribution in [0, 0.1) is 46.3 Å². The molecule has 60 heavy (non-hydrogen) atoms. The lowest BCUT2D eigenvalue weighted by Gasteiger charge is -2.38. The van der Waals surface area contributed by atoms with Crippen LogP contribution in [-0.2, 0) is 0 Å². The molecule has 0 saturated heterocycles. The molecule has 0 amide bonds. The van der Waals surface area contributed by atoms with Crippen molar-refractivity contribution in [3.05, 3.63) is 130 Å². The molecule has 8 aliphatic rings. The number of nitriles is 2. The van der Waals surface area contributed by atoms with Crippen LogP contribution in [0.4, 0.5) is 0 Å². The molecule has 288 valence electrons. The molecule has 8 aliphatic carbocycles. The van der Waals surface area contributed by atoms with Gasteiger partial charge in [-0.1, -0.05) is 48.5 Å². The van der Waals surface area contributed by atoms with Crippen molar-refractivity contribution in [2.45, 2.75) is 87.9 Å². The summed E-state index contributed by atoms with van der Waals surface area (Å²) in [6, 6.07) is 42.0. The van der Waals surface area contributed by atoms with Crippen molar-refractivity contribution >= 4 is 59.9 Å². The first-order chi connectivity index (χ1) is 29.6. The predicted molar refractivity (Wildman–Crippen MR) is 241 cm³/mol. The summed E-state index contributed by atoms with van der Waals surface area (Å²) in [5.74, 6) is 4.97. The Morgan fingerprint density at radius 2 is 0.917 bits per heavy atom. The van der Waals surface area contributed by atoms with E-state index >= 15 is 0 Å². The van der Waals surface area contributed by atoms with Gasteiger partial charge in [0.05, 0.1) is 50.8 Å². The lowest BCUT2D eigenvalue weighted by molar-refractivity contribution is 0.166.